The number of hydrogen-bond donors (Lipinski definition) is 1. The molecule has 1 aromatic carbocycles. The molecular formula is C18H17N5OS2. The normalized spacial score (nSPS) is 13.7. The maximum atomic E-state index is 12.8. The molecule has 1 aliphatic rings. The molecule has 0 aliphatic heterocycles. The number of benzene rings is 1. The van der Waals surface area contributed by atoms with Gasteiger partial charge >= 0.3 is 0 Å². The van der Waals surface area contributed by atoms with Gasteiger partial charge in [0.05, 0.1) is 18.2 Å². The predicted octanol–water partition coefficient (Wildman–Crippen LogP) is 3.96. The molecule has 0 unspecified atom stereocenters. The second kappa shape index (κ2) is 7.48. The van der Waals surface area contributed by atoms with E-state index in [1.54, 1.807) is 0 Å². The van der Waals surface area contributed by atoms with Gasteiger partial charge in [0, 0.05) is 35.2 Å². The van der Waals surface area contributed by atoms with Crippen molar-refractivity contribution in [2.24, 2.45) is 0 Å². The van der Waals surface area contributed by atoms with Crippen LogP contribution in [0.25, 0.3) is 10.9 Å². The summed E-state index contributed by atoms with van der Waals surface area (Å²) in [6, 6.07) is 10.5. The minimum atomic E-state index is 0.0637. The molecule has 0 spiro atoms. The van der Waals surface area contributed by atoms with E-state index in [0.717, 1.165) is 20.4 Å². The number of rotatable bonds is 8. The third-order valence-electron chi connectivity index (χ3n) is 4.19. The van der Waals surface area contributed by atoms with Crippen LogP contribution in [0.15, 0.2) is 34.8 Å². The minimum absolute atomic E-state index is 0.0637. The Morgan fingerprint density at radius 3 is 3.04 bits per heavy atom. The van der Waals surface area contributed by atoms with Crippen LogP contribution in [0.1, 0.15) is 29.6 Å². The Morgan fingerprint density at radius 1 is 1.38 bits per heavy atom. The molecule has 1 N–H and O–H groups in total. The molecule has 1 aliphatic carbocycles. The molecule has 8 heteroatoms. The lowest BCUT2D eigenvalue weighted by Gasteiger charge is -2.00. The summed E-state index contributed by atoms with van der Waals surface area (Å²) in [7, 11) is 0. The van der Waals surface area contributed by atoms with Crippen LogP contribution in [0.3, 0.4) is 0 Å². The minimum Gasteiger partial charge on any atom is -0.357 e. The van der Waals surface area contributed by atoms with E-state index in [4.69, 9.17) is 5.26 Å². The van der Waals surface area contributed by atoms with Crippen LogP contribution >= 0.6 is 23.1 Å². The summed E-state index contributed by atoms with van der Waals surface area (Å²) >= 11 is 2.92. The van der Waals surface area contributed by atoms with Crippen LogP contribution in [-0.2, 0) is 6.54 Å². The molecule has 2 aromatic heterocycles. The smallest absolute Gasteiger partial charge is 0.206 e. The lowest BCUT2D eigenvalue weighted by molar-refractivity contribution is 0.102. The molecule has 132 valence electrons. The van der Waals surface area contributed by atoms with Gasteiger partial charge in [-0.05, 0) is 18.9 Å². The van der Waals surface area contributed by atoms with E-state index in [2.05, 4.69) is 21.6 Å². The van der Waals surface area contributed by atoms with E-state index in [1.165, 1.54) is 35.9 Å². The number of fused-ring (bicyclic) bond motifs is 1. The van der Waals surface area contributed by atoms with Gasteiger partial charge in [-0.25, -0.2) is 0 Å². The topological polar surface area (TPSA) is 83.6 Å². The molecule has 2 heterocycles. The number of thioether (sulfide) groups is 1. The summed E-state index contributed by atoms with van der Waals surface area (Å²) in [4.78, 5) is 12.8. The number of para-hydroxylation sites is 1. The number of hydrogen-bond acceptors (Lipinski definition) is 7. The van der Waals surface area contributed by atoms with Crippen molar-refractivity contribution in [2.75, 3.05) is 11.1 Å². The van der Waals surface area contributed by atoms with E-state index >= 15 is 0 Å². The second-order valence-corrected chi connectivity index (χ2v) is 8.37. The highest BCUT2D eigenvalue weighted by atomic mass is 32.2. The van der Waals surface area contributed by atoms with Crippen molar-refractivity contribution in [1.29, 1.82) is 5.26 Å². The number of aromatic nitrogens is 3. The highest BCUT2D eigenvalue weighted by Gasteiger charge is 2.22. The molecular weight excluding hydrogens is 366 g/mol. The molecule has 26 heavy (non-hydrogen) atoms. The maximum Gasteiger partial charge on any atom is 0.206 e. The van der Waals surface area contributed by atoms with Gasteiger partial charge in [0.1, 0.15) is 0 Å². The molecule has 0 bridgehead atoms. The van der Waals surface area contributed by atoms with Gasteiger partial charge in [0.25, 0.3) is 0 Å². The SMILES string of the molecule is N#CCCn1cc(C(=O)CSc2nnc(NC3CC3)s2)c2ccccc21. The van der Waals surface area contributed by atoms with Crippen molar-refractivity contribution < 1.29 is 4.79 Å². The first-order valence-electron chi connectivity index (χ1n) is 8.45. The number of anilines is 1. The Balaban J connectivity index is 1.47. The first kappa shape index (κ1) is 17.1. The highest BCUT2D eigenvalue weighted by Crippen LogP contribution is 2.31. The van der Waals surface area contributed by atoms with E-state index in [9.17, 15) is 4.79 Å². The van der Waals surface area contributed by atoms with Gasteiger partial charge in [-0.1, -0.05) is 41.3 Å². The molecule has 6 nitrogen and oxygen atoms in total. The number of nitrogens with one attached hydrogen (secondary N) is 1. The van der Waals surface area contributed by atoms with Crippen molar-refractivity contribution >= 4 is 44.9 Å². The van der Waals surface area contributed by atoms with Gasteiger partial charge < -0.3 is 9.88 Å². The number of nitriles is 1. The van der Waals surface area contributed by atoms with E-state index in [0.29, 0.717) is 30.3 Å². The molecule has 1 saturated carbocycles. The quantitative estimate of drug-likeness (QED) is 0.468. The fourth-order valence-corrected chi connectivity index (χ4v) is 4.47. The van der Waals surface area contributed by atoms with Crippen LogP contribution in [0.2, 0.25) is 0 Å². The monoisotopic (exact) mass is 383 g/mol. The highest BCUT2D eigenvalue weighted by molar-refractivity contribution is 8.01. The lowest BCUT2D eigenvalue weighted by atomic mass is 10.1. The van der Waals surface area contributed by atoms with Gasteiger partial charge in [0.15, 0.2) is 10.1 Å². The zero-order valence-electron chi connectivity index (χ0n) is 14.0. The Labute approximate surface area is 159 Å². The van der Waals surface area contributed by atoms with Gasteiger partial charge in [-0.15, -0.1) is 10.2 Å². The van der Waals surface area contributed by atoms with Crippen molar-refractivity contribution in [1.82, 2.24) is 14.8 Å². The van der Waals surface area contributed by atoms with Crippen molar-refractivity contribution in [3.8, 4) is 6.07 Å². The molecule has 4 rings (SSSR count). The summed E-state index contributed by atoms with van der Waals surface area (Å²) < 4.78 is 2.79. The zero-order valence-corrected chi connectivity index (χ0v) is 15.6. The zero-order chi connectivity index (χ0) is 17.9. The molecule has 0 radical (unpaired) electrons. The van der Waals surface area contributed by atoms with Crippen molar-refractivity contribution in [2.45, 2.75) is 36.2 Å². The molecule has 0 amide bonds. The molecule has 0 saturated heterocycles. The lowest BCUT2D eigenvalue weighted by Crippen LogP contribution is -2.02. The average Bonchev–Trinajstić information content (AvgIpc) is 3.23. The van der Waals surface area contributed by atoms with Crippen LogP contribution in [0.4, 0.5) is 5.13 Å². The fourth-order valence-electron chi connectivity index (χ4n) is 2.76. The fraction of sp³-hybridized carbons (Fsp3) is 0.333. The molecule has 1 fully saturated rings. The number of nitrogens with zero attached hydrogens (tertiary/aromatic N) is 4. The van der Waals surface area contributed by atoms with Crippen molar-refractivity contribution in [3.05, 3.63) is 36.0 Å². The van der Waals surface area contributed by atoms with Gasteiger partial charge in [-0.2, -0.15) is 5.26 Å². The summed E-state index contributed by atoms with van der Waals surface area (Å²) in [6.07, 6.45) is 4.67. The number of aryl methyl sites for hydroxylation is 1. The van der Waals surface area contributed by atoms with Gasteiger partial charge in [-0.3, -0.25) is 4.79 Å². The number of ketones is 1. The Hall–Kier alpha value is -2.37. The van der Waals surface area contributed by atoms with E-state index < -0.39 is 0 Å². The van der Waals surface area contributed by atoms with Crippen LogP contribution < -0.4 is 5.32 Å². The van der Waals surface area contributed by atoms with E-state index in [1.807, 2.05) is 35.0 Å². The summed E-state index contributed by atoms with van der Waals surface area (Å²) in [5, 5.41) is 22.2. The Kier molecular flexibility index (Phi) is 4.91. The Morgan fingerprint density at radius 2 is 2.23 bits per heavy atom. The number of carbonyl (C=O) groups excluding carboxylic acids is 1. The summed E-state index contributed by atoms with van der Waals surface area (Å²) in [6.45, 7) is 0.587. The maximum absolute atomic E-state index is 12.8. The van der Waals surface area contributed by atoms with Crippen LogP contribution in [0.5, 0.6) is 0 Å². The average molecular weight is 384 g/mol. The first-order valence-corrected chi connectivity index (χ1v) is 10.3. The Bertz CT molecular complexity index is 983. The second-order valence-electron chi connectivity index (χ2n) is 6.17. The van der Waals surface area contributed by atoms with Crippen LogP contribution in [0, 0.1) is 11.3 Å². The number of carbonyl (C=O) groups is 1. The summed E-state index contributed by atoms with van der Waals surface area (Å²) in [5.74, 6) is 0.387. The predicted molar refractivity (Wildman–Crippen MR) is 104 cm³/mol. The van der Waals surface area contributed by atoms with Gasteiger partial charge in [0.2, 0.25) is 5.13 Å². The van der Waals surface area contributed by atoms with Crippen LogP contribution in [-0.4, -0.2) is 32.3 Å². The number of Topliss-reactive ketones (excluding diaryl/α,β-unsaturated/α-hetero) is 1. The molecule has 3 aromatic rings. The van der Waals surface area contributed by atoms with E-state index in [-0.39, 0.29) is 5.78 Å². The largest absolute Gasteiger partial charge is 0.357 e. The molecule has 0 atom stereocenters. The standard InChI is InChI=1S/C18H17N5OS2/c19-8-3-9-23-10-14(13-4-1-2-5-15(13)23)16(24)11-25-18-22-21-17(26-18)20-12-6-7-12/h1-2,4-5,10,12H,3,6-7,9,11H2,(H,20,21). The summed E-state index contributed by atoms with van der Waals surface area (Å²) in [5.41, 5.74) is 1.69. The third kappa shape index (κ3) is 3.74. The first-order chi connectivity index (χ1) is 12.7. The van der Waals surface area contributed by atoms with Crippen molar-refractivity contribution in [3.63, 3.8) is 0 Å². The third-order valence-corrected chi connectivity index (χ3v) is 6.18.